The lowest BCUT2D eigenvalue weighted by atomic mass is 10.1. The molecule has 0 radical (unpaired) electrons. The van der Waals surface area contributed by atoms with Crippen molar-refractivity contribution < 1.29 is 0 Å². The summed E-state index contributed by atoms with van der Waals surface area (Å²) in [5.74, 6) is 0. The average Bonchev–Trinajstić information content (AvgIpc) is 3.10. The van der Waals surface area contributed by atoms with Crippen molar-refractivity contribution in [2.45, 2.75) is 222 Å². The van der Waals surface area contributed by atoms with Crippen LogP contribution in [0.5, 0.6) is 0 Å². The summed E-state index contributed by atoms with van der Waals surface area (Å²) in [6.07, 6.45) is 40.2. The predicted octanol–water partition coefficient (Wildman–Crippen LogP) is 15.1. The second-order valence-electron chi connectivity index (χ2n) is 12.3. The molecular formula is C44H95N3. The first-order valence-electron chi connectivity index (χ1n) is 21.1. The molecule has 0 aliphatic carbocycles. The number of allylic oxidation sites excluding steroid dienone is 3. The van der Waals surface area contributed by atoms with Crippen molar-refractivity contribution in [1.82, 2.24) is 15.8 Å². The standard InChI is InChI=1S/2C15H30.C10H23N3.2C2H6/c2*1-3-5-7-9-11-13-15-14-12-10-8-6-4-2;1-5-13(6-2)9-7-8-10(3)12-11-4;2*1-2/h2*3H,1,4-15H2,2H3;11-12H,3,5-9H2,1-2,4H3;2*1-2H3. The third-order valence-electron chi connectivity index (χ3n) is 8.17. The van der Waals surface area contributed by atoms with Crippen LogP contribution in [0.25, 0.3) is 0 Å². The SMILES string of the molecule is C=C(CCCN(CC)CC)NNC.C=CCCCCCCCCCCCCC.C=CCCCCCCCCCCCCC.CC.CC. The molecule has 0 bridgehead atoms. The Hall–Kier alpha value is -1.06. The smallest absolute Gasteiger partial charge is 0.0190 e. The summed E-state index contributed by atoms with van der Waals surface area (Å²) in [6.45, 7) is 31.8. The zero-order valence-corrected chi connectivity index (χ0v) is 34.7. The van der Waals surface area contributed by atoms with Gasteiger partial charge in [-0.15, -0.1) is 13.2 Å². The summed E-state index contributed by atoms with van der Waals surface area (Å²) in [6, 6.07) is 0. The molecule has 0 aromatic carbocycles. The van der Waals surface area contributed by atoms with Crippen molar-refractivity contribution in [2.24, 2.45) is 0 Å². The summed E-state index contributed by atoms with van der Waals surface area (Å²) in [4.78, 5) is 2.42. The summed E-state index contributed by atoms with van der Waals surface area (Å²) >= 11 is 0. The van der Waals surface area contributed by atoms with Gasteiger partial charge in [-0.3, -0.25) is 0 Å². The molecule has 0 aromatic heterocycles. The van der Waals surface area contributed by atoms with Crippen LogP contribution in [0.3, 0.4) is 0 Å². The quantitative estimate of drug-likeness (QED) is 0.0425. The Kier molecular flexibility index (Phi) is 71.0. The largest absolute Gasteiger partial charge is 0.326 e. The van der Waals surface area contributed by atoms with Gasteiger partial charge >= 0.3 is 0 Å². The van der Waals surface area contributed by atoms with E-state index in [1.165, 1.54) is 161 Å². The van der Waals surface area contributed by atoms with Crippen LogP contribution < -0.4 is 10.9 Å². The van der Waals surface area contributed by atoms with Gasteiger partial charge in [0.25, 0.3) is 0 Å². The first-order chi connectivity index (χ1) is 23.1. The van der Waals surface area contributed by atoms with Crippen molar-refractivity contribution in [2.75, 3.05) is 26.7 Å². The minimum Gasteiger partial charge on any atom is -0.326 e. The van der Waals surface area contributed by atoms with Crippen molar-refractivity contribution in [3.8, 4) is 0 Å². The van der Waals surface area contributed by atoms with Gasteiger partial charge in [0.2, 0.25) is 0 Å². The Balaban J connectivity index is -0.000000178. The maximum atomic E-state index is 3.90. The van der Waals surface area contributed by atoms with E-state index in [2.05, 4.69) is 63.2 Å². The molecule has 0 heterocycles. The molecular weight excluding hydrogens is 571 g/mol. The van der Waals surface area contributed by atoms with E-state index >= 15 is 0 Å². The number of unbranched alkanes of at least 4 members (excludes halogenated alkanes) is 22. The Bertz CT molecular complexity index is 482. The lowest BCUT2D eigenvalue weighted by Gasteiger charge is -2.18. The van der Waals surface area contributed by atoms with Gasteiger partial charge in [0.05, 0.1) is 0 Å². The van der Waals surface area contributed by atoms with Gasteiger partial charge in [-0.1, -0.05) is 203 Å². The van der Waals surface area contributed by atoms with Crippen LogP contribution in [0.15, 0.2) is 37.6 Å². The maximum Gasteiger partial charge on any atom is 0.0190 e. The van der Waals surface area contributed by atoms with E-state index in [0.29, 0.717) is 0 Å². The normalized spacial score (nSPS) is 9.83. The molecule has 3 heteroatoms. The van der Waals surface area contributed by atoms with E-state index in [9.17, 15) is 0 Å². The molecule has 286 valence electrons. The third-order valence-corrected chi connectivity index (χ3v) is 8.17. The molecule has 2 N–H and O–H groups in total. The topological polar surface area (TPSA) is 27.3 Å². The molecule has 0 aliphatic heterocycles. The van der Waals surface area contributed by atoms with Gasteiger partial charge in [-0.2, -0.15) is 0 Å². The molecule has 0 atom stereocenters. The van der Waals surface area contributed by atoms with E-state index in [1.54, 1.807) is 0 Å². The third kappa shape index (κ3) is 64.2. The van der Waals surface area contributed by atoms with Crippen LogP contribution in [-0.2, 0) is 0 Å². The Morgan fingerprint density at radius 3 is 1.04 bits per heavy atom. The van der Waals surface area contributed by atoms with Gasteiger partial charge in [0, 0.05) is 12.7 Å². The van der Waals surface area contributed by atoms with Gasteiger partial charge in [0.1, 0.15) is 0 Å². The minimum atomic E-state index is 1.04. The van der Waals surface area contributed by atoms with Crippen molar-refractivity contribution in [3.05, 3.63) is 37.6 Å². The number of rotatable bonds is 32. The first kappa shape index (κ1) is 55.4. The zero-order valence-electron chi connectivity index (χ0n) is 34.7. The van der Waals surface area contributed by atoms with E-state index in [-0.39, 0.29) is 0 Å². The van der Waals surface area contributed by atoms with Crippen LogP contribution in [0.1, 0.15) is 222 Å². The molecule has 0 aromatic rings. The van der Waals surface area contributed by atoms with Crippen molar-refractivity contribution in [3.63, 3.8) is 0 Å². The Morgan fingerprint density at radius 2 is 0.787 bits per heavy atom. The fourth-order valence-corrected chi connectivity index (χ4v) is 5.20. The fraction of sp³-hybridized carbons (Fsp3) is 0.864. The molecule has 0 rings (SSSR count). The fourth-order valence-electron chi connectivity index (χ4n) is 5.20. The van der Waals surface area contributed by atoms with Crippen LogP contribution >= 0.6 is 0 Å². The number of hydrogen-bond donors (Lipinski definition) is 2. The first-order valence-corrected chi connectivity index (χ1v) is 21.1. The number of hydrogen-bond acceptors (Lipinski definition) is 3. The predicted molar refractivity (Wildman–Crippen MR) is 224 cm³/mol. The molecule has 0 spiro atoms. The van der Waals surface area contributed by atoms with E-state index in [0.717, 1.165) is 31.8 Å². The van der Waals surface area contributed by atoms with Crippen molar-refractivity contribution in [1.29, 1.82) is 0 Å². The highest BCUT2D eigenvalue weighted by molar-refractivity contribution is 4.88. The summed E-state index contributed by atoms with van der Waals surface area (Å²) in [5.41, 5.74) is 6.93. The molecule has 0 fully saturated rings. The van der Waals surface area contributed by atoms with Crippen molar-refractivity contribution >= 4 is 0 Å². The number of hydrazine groups is 1. The van der Waals surface area contributed by atoms with E-state index in [4.69, 9.17) is 0 Å². The molecule has 0 saturated heterocycles. The monoisotopic (exact) mass is 666 g/mol. The van der Waals surface area contributed by atoms with Crippen LogP contribution in [-0.4, -0.2) is 31.6 Å². The Labute approximate surface area is 301 Å². The molecule has 0 unspecified atom stereocenters. The summed E-state index contributed by atoms with van der Waals surface area (Å²) < 4.78 is 0. The second kappa shape index (κ2) is 60.3. The zero-order chi connectivity index (χ0) is 36.5. The van der Waals surface area contributed by atoms with Crippen LogP contribution in [0.2, 0.25) is 0 Å². The average molecular weight is 666 g/mol. The van der Waals surface area contributed by atoms with Crippen LogP contribution in [0, 0.1) is 0 Å². The van der Waals surface area contributed by atoms with Gasteiger partial charge in [-0.05, 0) is 58.2 Å². The van der Waals surface area contributed by atoms with Gasteiger partial charge < -0.3 is 10.3 Å². The van der Waals surface area contributed by atoms with Gasteiger partial charge in [0.15, 0.2) is 0 Å². The highest BCUT2D eigenvalue weighted by Crippen LogP contribution is 2.13. The summed E-state index contributed by atoms with van der Waals surface area (Å²) in [5, 5.41) is 0. The van der Waals surface area contributed by atoms with E-state index < -0.39 is 0 Å². The minimum absolute atomic E-state index is 1.04. The summed E-state index contributed by atoms with van der Waals surface area (Å²) in [7, 11) is 1.86. The molecule has 0 amide bonds. The molecule has 0 aliphatic rings. The molecule has 0 saturated carbocycles. The Morgan fingerprint density at radius 1 is 0.489 bits per heavy atom. The number of nitrogens with one attached hydrogen (secondary N) is 2. The maximum absolute atomic E-state index is 3.90. The van der Waals surface area contributed by atoms with E-state index in [1.807, 2.05) is 46.9 Å². The molecule has 47 heavy (non-hydrogen) atoms. The lowest BCUT2D eigenvalue weighted by Crippen LogP contribution is -2.27. The highest BCUT2D eigenvalue weighted by Gasteiger charge is 1.99. The highest BCUT2D eigenvalue weighted by atomic mass is 15.3. The lowest BCUT2D eigenvalue weighted by molar-refractivity contribution is 0.299. The van der Waals surface area contributed by atoms with Gasteiger partial charge in [-0.25, -0.2) is 5.43 Å². The number of nitrogens with zero attached hydrogens (tertiary/aromatic N) is 1. The van der Waals surface area contributed by atoms with Crippen LogP contribution in [0.4, 0.5) is 0 Å². The molecule has 3 nitrogen and oxygen atoms in total. The second-order valence-corrected chi connectivity index (χ2v) is 12.3.